The smallest absolute Gasteiger partial charge is 0.258 e. The Morgan fingerprint density at radius 2 is 1.94 bits per heavy atom. The Morgan fingerprint density at radius 1 is 1.18 bits per heavy atom. The molecule has 4 nitrogen and oxygen atoms in total. The fourth-order valence-corrected chi connectivity index (χ4v) is 1.86. The molecule has 0 N–H and O–H groups in total. The van der Waals surface area contributed by atoms with Crippen molar-refractivity contribution in [2.45, 2.75) is 0 Å². The maximum Gasteiger partial charge on any atom is 0.287 e. The highest BCUT2D eigenvalue weighted by molar-refractivity contribution is 6.36. The summed E-state index contributed by atoms with van der Waals surface area (Å²) in [5.74, 6) is 0. The van der Waals surface area contributed by atoms with Gasteiger partial charge in [0.2, 0.25) is 0 Å². The number of hydrogen-bond donors (Lipinski definition) is 0. The molecule has 0 saturated heterocycles. The van der Waals surface area contributed by atoms with E-state index in [4.69, 9.17) is 23.2 Å². The highest BCUT2D eigenvalue weighted by Gasteiger charge is 2.09. The standard InChI is InChI=1S/C11H6Cl2N2O2/c12-7-1-3-9(10(13)5-7)11-4-2-8(6-14-11)15(16)17/h1-6H. The quantitative estimate of drug-likeness (QED) is 0.612. The highest BCUT2D eigenvalue weighted by atomic mass is 35.5. The normalized spacial score (nSPS) is 10.2. The second-order valence-corrected chi connectivity index (χ2v) is 4.13. The van der Waals surface area contributed by atoms with Crippen LogP contribution in [0.3, 0.4) is 0 Å². The van der Waals surface area contributed by atoms with E-state index in [-0.39, 0.29) is 5.69 Å². The Bertz CT molecular complexity index is 570. The van der Waals surface area contributed by atoms with Crippen LogP contribution in [0.5, 0.6) is 0 Å². The summed E-state index contributed by atoms with van der Waals surface area (Å²) in [4.78, 5) is 14.0. The van der Waals surface area contributed by atoms with Gasteiger partial charge in [0, 0.05) is 16.7 Å². The minimum Gasteiger partial charge on any atom is -0.258 e. The van der Waals surface area contributed by atoms with Gasteiger partial charge in [-0.25, -0.2) is 4.98 Å². The van der Waals surface area contributed by atoms with E-state index in [0.717, 1.165) is 0 Å². The third kappa shape index (κ3) is 2.54. The van der Waals surface area contributed by atoms with Gasteiger partial charge in [0.05, 0.1) is 15.6 Å². The van der Waals surface area contributed by atoms with Crippen molar-refractivity contribution in [2.75, 3.05) is 0 Å². The molecule has 0 saturated carbocycles. The predicted octanol–water partition coefficient (Wildman–Crippen LogP) is 3.96. The molecule has 0 radical (unpaired) electrons. The van der Waals surface area contributed by atoms with Gasteiger partial charge in [-0.1, -0.05) is 23.2 Å². The molecule has 6 heteroatoms. The first kappa shape index (κ1) is 11.8. The summed E-state index contributed by atoms with van der Waals surface area (Å²) in [6, 6.07) is 7.94. The molecule has 0 aliphatic heterocycles. The van der Waals surface area contributed by atoms with Crippen molar-refractivity contribution in [3.8, 4) is 11.3 Å². The Morgan fingerprint density at radius 3 is 2.47 bits per heavy atom. The number of aromatic nitrogens is 1. The molecule has 0 amide bonds. The van der Waals surface area contributed by atoms with Gasteiger partial charge in [0.25, 0.3) is 5.69 Å². The number of rotatable bonds is 2. The number of benzene rings is 1. The molecule has 0 bridgehead atoms. The average molecular weight is 269 g/mol. The topological polar surface area (TPSA) is 56.0 Å². The van der Waals surface area contributed by atoms with Crippen molar-refractivity contribution >= 4 is 28.9 Å². The number of halogens is 2. The maximum absolute atomic E-state index is 10.5. The first-order valence-electron chi connectivity index (χ1n) is 4.64. The lowest BCUT2D eigenvalue weighted by Crippen LogP contribution is -1.90. The molecule has 0 fully saturated rings. The van der Waals surface area contributed by atoms with E-state index in [1.54, 1.807) is 24.3 Å². The summed E-state index contributed by atoms with van der Waals surface area (Å²) in [5, 5.41) is 11.5. The third-order valence-corrected chi connectivity index (χ3v) is 2.71. The van der Waals surface area contributed by atoms with Crippen LogP contribution in [0.4, 0.5) is 5.69 Å². The van der Waals surface area contributed by atoms with E-state index in [0.29, 0.717) is 21.3 Å². The van der Waals surface area contributed by atoms with Gasteiger partial charge in [-0.3, -0.25) is 10.1 Å². The Labute approximate surface area is 107 Å². The Balaban J connectivity index is 2.43. The van der Waals surface area contributed by atoms with Crippen molar-refractivity contribution < 1.29 is 4.92 Å². The first-order valence-corrected chi connectivity index (χ1v) is 5.39. The third-order valence-electron chi connectivity index (χ3n) is 2.17. The van der Waals surface area contributed by atoms with Crippen molar-refractivity contribution in [1.82, 2.24) is 4.98 Å². The van der Waals surface area contributed by atoms with E-state index in [2.05, 4.69) is 4.98 Å². The molecule has 2 aromatic rings. The van der Waals surface area contributed by atoms with Crippen LogP contribution < -0.4 is 0 Å². The van der Waals surface area contributed by atoms with Crippen molar-refractivity contribution in [2.24, 2.45) is 0 Å². The Kier molecular flexibility index (Phi) is 3.26. The SMILES string of the molecule is O=[N+]([O-])c1ccc(-c2ccc(Cl)cc2Cl)nc1. The van der Waals surface area contributed by atoms with Crippen LogP contribution in [0.2, 0.25) is 10.0 Å². The van der Waals surface area contributed by atoms with Gasteiger partial charge in [-0.05, 0) is 24.3 Å². The minimum absolute atomic E-state index is 0.0566. The van der Waals surface area contributed by atoms with Gasteiger partial charge in [-0.2, -0.15) is 0 Å². The lowest BCUT2D eigenvalue weighted by atomic mass is 10.1. The summed E-state index contributed by atoms with van der Waals surface area (Å²) < 4.78 is 0. The summed E-state index contributed by atoms with van der Waals surface area (Å²) >= 11 is 11.8. The molecule has 86 valence electrons. The van der Waals surface area contributed by atoms with Crippen LogP contribution in [0.1, 0.15) is 0 Å². The van der Waals surface area contributed by atoms with Gasteiger partial charge < -0.3 is 0 Å². The highest BCUT2D eigenvalue weighted by Crippen LogP contribution is 2.29. The summed E-state index contributed by atoms with van der Waals surface area (Å²) in [7, 11) is 0. The lowest BCUT2D eigenvalue weighted by molar-refractivity contribution is -0.385. The van der Waals surface area contributed by atoms with E-state index in [9.17, 15) is 10.1 Å². The van der Waals surface area contributed by atoms with Crippen LogP contribution in [0, 0.1) is 10.1 Å². The van der Waals surface area contributed by atoms with Crippen LogP contribution in [-0.2, 0) is 0 Å². The van der Waals surface area contributed by atoms with E-state index < -0.39 is 4.92 Å². The minimum atomic E-state index is -0.500. The number of nitrogens with zero attached hydrogens (tertiary/aromatic N) is 2. The average Bonchev–Trinajstić information content (AvgIpc) is 2.29. The zero-order chi connectivity index (χ0) is 12.4. The molecule has 0 unspecified atom stereocenters. The molecule has 0 atom stereocenters. The fourth-order valence-electron chi connectivity index (χ4n) is 1.35. The maximum atomic E-state index is 10.5. The van der Waals surface area contributed by atoms with Crippen molar-refractivity contribution in [3.05, 3.63) is 56.7 Å². The fraction of sp³-hybridized carbons (Fsp3) is 0. The van der Waals surface area contributed by atoms with E-state index in [1.165, 1.54) is 12.3 Å². The molecular formula is C11H6Cl2N2O2. The molecular weight excluding hydrogens is 263 g/mol. The second-order valence-electron chi connectivity index (χ2n) is 3.28. The van der Waals surface area contributed by atoms with Gasteiger partial charge in [-0.15, -0.1) is 0 Å². The molecule has 1 aromatic carbocycles. The van der Waals surface area contributed by atoms with E-state index >= 15 is 0 Å². The van der Waals surface area contributed by atoms with E-state index in [1.807, 2.05) is 0 Å². The second kappa shape index (κ2) is 4.69. The number of nitro groups is 1. The molecule has 0 aliphatic rings. The number of hydrogen-bond acceptors (Lipinski definition) is 3. The zero-order valence-electron chi connectivity index (χ0n) is 8.43. The van der Waals surface area contributed by atoms with Gasteiger partial charge >= 0.3 is 0 Å². The molecule has 1 heterocycles. The van der Waals surface area contributed by atoms with Crippen molar-refractivity contribution in [1.29, 1.82) is 0 Å². The van der Waals surface area contributed by atoms with Crippen LogP contribution >= 0.6 is 23.2 Å². The van der Waals surface area contributed by atoms with Crippen LogP contribution in [0.25, 0.3) is 11.3 Å². The summed E-state index contributed by atoms with van der Waals surface area (Å²) in [6.45, 7) is 0. The van der Waals surface area contributed by atoms with Gasteiger partial charge in [0.15, 0.2) is 0 Å². The molecule has 2 rings (SSSR count). The largest absolute Gasteiger partial charge is 0.287 e. The zero-order valence-corrected chi connectivity index (χ0v) is 9.94. The molecule has 1 aromatic heterocycles. The monoisotopic (exact) mass is 268 g/mol. The lowest BCUT2D eigenvalue weighted by Gasteiger charge is -2.03. The number of pyridine rings is 1. The van der Waals surface area contributed by atoms with Gasteiger partial charge in [0.1, 0.15) is 6.20 Å². The van der Waals surface area contributed by atoms with Crippen LogP contribution in [-0.4, -0.2) is 9.91 Å². The molecule has 0 spiro atoms. The Hall–Kier alpha value is -1.65. The predicted molar refractivity (Wildman–Crippen MR) is 66.3 cm³/mol. The molecule has 17 heavy (non-hydrogen) atoms. The van der Waals surface area contributed by atoms with Crippen molar-refractivity contribution in [3.63, 3.8) is 0 Å². The first-order chi connectivity index (χ1) is 8.08. The summed E-state index contributed by atoms with van der Waals surface area (Å²) in [6.07, 6.45) is 1.19. The summed E-state index contributed by atoms with van der Waals surface area (Å²) in [5.41, 5.74) is 1.20. The van der Waals surface area contributed by atoms with Crippen LogP contribution in [0.15, 0.2) is 36.5 Å². The molecule has 0 aliphatic carbocycles.